The number of unbranched alkanes of at least 4 members (excludes halogenated alkanes) is 22. The number of esters is 3. The van der Waals surface area contributed by atoms with Gasteiger partial charge in [-0.15, -0.1) is 5.10 Å². The number of carbonyl (C=O) groups is 3. The highest BCUT2D eigenvalue weighted by Crippen LogP contribution is 2.28. The van der Waals surface area contributed by atoms with Crippen LogP contribution in [0.2, 0.25) is 5.02 Å². The number of aromatic nitrogens is 3. The van der Waals surface area contributed by atoms with Crippen LogP contribution in [0.5, 0.6) is 28.7 Å². The zero-order chi connectivity index (χ0) is 53.4. The van der Waals surface area contributed by atoms with Gasteiger partial charge in [0.15, 0.2) is 0 Å². The van der Waals surface area contributed by atoms with Crippen molar-refractivity contribution in [3.8, 4) is 40.0 Å². The first-order chi connectivity index (χ1) is 37.3. The molecule has 12 heteroatoms. The van der Waals surface area contributed by atoms with Gasteiger partial charge in [-0.25, -0.2) is 19.1 Å². The third-order valence-corrected chi connectivity index (χ3v) is 13.8. The molecule has 11 nitrogen and oxygen atoms in total. The van der Waals surface area contributed by atoms with Crippen molar-refractivity contribution in [2.45, 2.75) is 174 Å². The summed E-state index contributed by atoms with van der Waals surface area (Å²) in [5.74, 6) is 0.751. The molecule has 6 rings (SSSR count). The van der Waals surface area contributed by atoms with E-state index < -0.39 is 17.9 Å². The number of rotatable bonds is 37. The van der Waals surface area contributed by atoms with Crippen molar-refractivity contribution in [3.63, 3.8) is 0 Å². The minimum absolute atomic E-state index is 0.270. The highest BCUT2D eigenvalue weighted by atomic mass is 35.5. The lowest BCUT2D eigenvalue weighted by Gasteiger charge is -2.10. The summed E-state index contributed by atoms with van der Waals surface area (Å²) in [7, 11) is 0. The fraction of sp³-hybridized carbons (Fsp3) is 0.453. The Hall–Kier alpha value is -6.46. The maximum atomic E-state index is 13.0. The van der Waals surface area contributed by atoms with E-state index in [0.717, 1.165) is 36.1 Å². The lowest BCUT2D eigenvalue weighted by Crippen LogP contribution is -2.10. The van der Waals surface area contributed by atoms with Crippen LogP contribution in [-0.2, 0) is 6.54 Å². The summed E-state index contributed by atoms with van der Waals surface area (Å²) in [5.41, 5.74) is 3.41. The van der Waals surface area contributed by atoms with Gasteiger partial charge in [0.2, 0.25) is 0 Å². The van der Waals surface area contributed by atoms with Crippen molar-refractivity contribution in [2.24, 2.45) is 0 Å². The number of halogens is 1. The normalized spacial score (nSPS) is 11.1. The molecule has 406 valence electrons. The van der Waals surface area contributed by atoms with E-state index >= 15 is 0 Å². The summed E-state index contributed by atoms with van der Waals surface area (Å²) >= 11 is 6.47. The predicted octanol–water partition coefficient (Wildman–Crippen LogP) is 17.5. The van der Waals surface area contributed by atoms with E-state index in [4.69, 9.17) is 35.3 Å². The summed E-state index contributed by atoms with van der Waals surface area (Å²) in [4.78, 5) is 38.8. The maximum Gasteiger partial charge on any atom is 0.343 e. The number of hydrogen-bond acceptors (Lipinski definition) is 10. The zero-order valence-electron chi connectivity index (χ0n) is 45.1. The molecular formula is C64H80ClN3O8. The van der Waals surface area contributed by atoms with Crippen LogP contribution in [0.3, 0.4) is 0 Å². The molecule has 6 aromatic rings. The van der Waals surface area contributed by atoms with E-state index in [9.17, 15) is 14.4 Å². The van der Waals surface area contributed by atoms with Crippen molar-refractivity contribution in [3.05, 3.63) is 149 Å². The van der Waals surface area contributed by atoms with E-state index in [-0.39, 0.29) is 11.3 Å². The second kappa shape index (κ2) is 34.3. The Labute approximate surface area is 457 Å². The van der Waals surface area contributed by atoms with Gasteiger partial charge in [-0.1, -0.05) is 184 Å². The molecular weight excluding hydrogens is 974 g/mol. The van der Waals surface area contributed by atoms with Crippen molar-refractivity contribution in [1.29, 1.82) is 0 Å². The van der Waals surface area contributed by atoms with Gasteiger partial charge in [0.25, 0.3) is 0 Å². The van der Waals surface area contributed by atoms with Gasteiger partial charge in [0.05, 0.1) is 47.7 Å². The van der Waals surface area contributed by atoms with Crippen molar-refractivity contribution in [2.75, 3.05) is 13.2 Å². The standard InChI is InChI=1S/C64H80ClN3O8/c1-3-5-7-9-11-13-15-17-19-21-23-25-45-72-55-38-31-52(32-39-55)62(69)75-57-40-29-51(30-41-57)60-49-68(67-66-60)48-50-27-36-56(37-28-50)74-63(70)53-33-42-58(43-34-53)76-64(71)54-35-44-61(59(65)47-54)73-46-26-24-22-20-18-16-14-12-10-8-6-4-2/h27-44,47,49H,3-26,45-46,48H2,1-2H3. The summed E-state index contributed by atoms with van der Waals surface area (Å²) < 4.78 is 30.4. The predicted molar refractivity (Wildman–Crippen MR) is 303 cm³/mol. The third kappa shape index (κ3) is 21.6. The molecule has 1 heterocycles. The molecule has 5 aromatic carbocycles. The van der Waals surface area contributed by atoms with Crippen LogP contribution in [-0.4, -0.2) is 46.1 Å². The number of carbonyl (C=O) groups excluding carboxylic acids is 3. The Bertz CT molecular complexity index is 2600. The number of hydrogen-bond donors (Lipinski definition) is 0. The van der Waals surface area contributed by atoms with Crippen molar-refractivity contribution >= 4 is 29.5 Å². The van der Waals surface area contributed by atoms with Gasteiger partial charge in [0, 0.05) is 5.56 Å². The van der Waals surface area contributed by atoms with E-state index in [1.54, 1.807) is 59.3 Å². The molecule has 0 atom stereocenters. The first-order valence-corrected chi connectivity index (χ1v) is 28.7. The molecule has 0 aliphatic carbocycles. The van der Waals surface area contributed by atoms with Crippen LogP contribution in [0.1, 0.15) is 205 Å². The minimum Gasteiger partial charge on any atom is -0.494 e. The second-order valence-electron chi connectivity index (χ2n) is 19.8. The molecule has 0 aliphatic rings. The lowest BCUT2D eigenvalue weighted by molar-refractivity contribution is 0.0723. The zero-order valence-corrected chi connectivity index (χ0v) is 45.9. The highest BCUT2D eigenvalue weighted by molar-refractivity contribution is 6.32. The minimum atomic E-state index is -0.579. The van der Waals surface area contributed by atoms with Crippen LogP contribution >= 0.6 is 11.6 Å². The van der Waals surface area contributed by atoms with Gasteiger partial charge in [-0.3, -0.25) is 0 Å². The summed E-state index contributed by atoms with van der Waals surface area (Å²) in [6.45, 7) is 6.19. The van der Waals surface area contributed by atoms with Crippen LogP contribution in [0, 0.1) is 0 Å². The molecule has 76 heavy (non-hydrogen) atoms. The number of ether oxygens (including phenoxy) is 5. The van der Waals surface area contributed by atoms with E-state index in [1.807, 2.05) is 42.6 Å². The molecule has 0 spiro atoms. The van der Waals surface area contributed by atoms with Crippen LogP contribution in [0.25, 0.3) is 11.3 Å². The Morgan fingerprint density at radius 1 is 0.434 bits per heavy atom. The molecule has 0 fully saturated rings. The van der Waals surface area contributed by atoms with Crippen molar-refractivity contribution < 1.29 is 38.1 Å². The first-order valence-electron chi connectivity index (χ1n) is 28.3. The van der Waals surface area contributed by atoms with Crippen LogP contribution < -0.4 is 23.7 Å². The molecule has 0 bridgehead atoms. The Kier molecular flexibility index (Phi) is 26.5. The van der Waals surface area contributed by atoms with Gasteiger partial charge < -0.3 is 23.7 Å². The summed E-state index contributed by atoms with van der Waals surface area (Å²) in [6.07, 6.45) is 32.8. The molecule has 1 aromatic heterocycles. The number of benzene rings is 5. The molecule has 0 saturated heterocycles. The molecule has 0 saturated carbocycles. The SMILES string of the molecule is CCCCCCCCCCCCCCOc1ccc(C(=O)Oc2ccc(-c3cn(Cc4ccc(OC(=O)c5ccc(OC(=O)c6ccc(OCCCCCCCCCCCCCC)c(Cl)c6)cc5)cc4)nn3)cc2)cc1. The van der Waals surface area contributed by atoms with Gasteiger partial charge in [-0.2, -0.15) is 0 Å². The largest absolute Gasteiger partial charge is 0.494 e. The fourth-order valence-electron chi connectivity index (χ4n) is 8.90. The van der Waals surface area contributed by atoms with E-state index in [1.165, 1.54) is 159 Å². The molecule has 0 unspecified atom stereocenters. The highest BCUT2D eigenvalue weighted by Gasteiger charge is 2.15. The quantitative estimate of drug-likeness (QED) is 0.0211. The molecule has 0 N–H and O–H groups in total. The van der Waals surface area contributed by atoms with Gasteiger partial charge >= 0.3 is 17.9 Å². The fourth-order valence-corrected chi connectivity index (χ4v) is 9.13. The summed E-state index contributed by atoms with van der Waals surface area (Å²) in [6, 6.07) is 32.3. The monoisotopic (exact) mass is 1050 g/mol. The Morgan fingerprint density at radius 3 is 1.28 bits per heavy atom. The summed E-state index contributed by atoms with van der Waals surface area (Å²) in [5, 5.41) is 8.97. The Morgan fingerprint density at radius 2 is 0.816 bits per heavy atom. The van der Waals surface area contributed by atoms with Gasteiger partial charge in [0.1, 0.15) is 34.4 Å². The second-order valence-corrected chi connectivity index (χ2v) is 20.2. The van der Waals surface area contributed by atoms with Crippen LogP contribution in [0.15, 0.2) is 121 Å². The average Bonchev–Trinajstić information content (AvgIpc) is 3.91. The average molecular weight is 1050 g/mol. The smallest absolute Gasteiger partial charge is 0.343 e. The Balaban J connectivity index is 0.840. The molecule has 0 amide bonds. The van der Waals surface area contributed by atoms with E-state index in [0.29, 0.717) is 58.9 Å². The van der Waals surface area contributed by atoms with Crippen LogP contribution in [0.4, 0.5) is 0 Å². The van der Waals surface area contributed by atoms with Crippen molar-refractivity contribution in [1.82, 2.24) is 15.0 Å². The maximum absolute atomic E-state index is 13.0. The van der Waals surface area contributed by atoms with E-state index in [2.05, 4.69) is 24.2 Å². The number of nitrogens with zero attached hydrogens (tertiary/aromatic N) is 3. The molecule has 0 aliphatic heterocycles. The first kappa shape index (κ1) is 58.8. The van der Waals surface area contributed by atoms with Gasteiger partial charge in [-0.05, 0) is 122 Å². The lowest BCUT2D eigenvalue weighted by atomic mass is 10.1. The third-order valence-electron chi connectivity index (χ3n) is 13.5. The molecule has 0 radical (unpaired) electrons. The topological polar surface area (TPSA) is 128 Å².